The van der Waals surface area contributed by atoms with Crippen molar-refractivity contribution in [2.75, 3.05) is 52.5 Å². The zero-order chi connectivity index (χ0) is 26.1. The van der Waals surface area contributed by atoms with E-state index in [1.165, 1.54) is 16.4 Å². The van der Waals surface area contributed by atoms with Crippen LogP contribution < -0.4 is 4.74 Å². The summed E-state index contributed by atoms with van der Waals surface area (Å²) in [5.74, 6) is 2.32. The molecule has 3 aromatic rings. The lowest BCUT2D eigenvalue weighted by atomic mass is 10.0. The van der Waals surface area contributed by atoms with Gasteiger partial charge in [0, 0.05) is 57.0 Å². The number of fused-ring (bicyclic) bond motifs is 1. The standard InChI is InChI=1S/C28H30ClN5O4/c29-24-3-7-26(8-4-24)38-25-5-1-20(2-6-25)14-31-15-22-17-33(18-23(22)16-31)28(36)34-19-21(13-30-34)27(35)32-9-11-37-12-10-32/h1-8,13,19,22-23H,9-12,14-18H2. The Morgan fingerprint density at radius 1 is 0.895 bits per heavy atom. The maximum Gasteiger partial charge on any atom is 0.344 e. The largest absolute Gasteiger partial charge is 0.457 e. The zero-order valence-corrected chi connectivity index (χ0v) is 21.8. The Morgan fingerprint density at radius 2 is 1.53 bits per heavy atom. The van der Waals surface area contributed by atoms with Gasteiger partial charge in [-0.1, -0.05) is 23.7 Å². The fraction of sp³-hybridized carbons (Fsp3) is 0.393. The van der Waals surface area contributed by atoms with Crippen LogP contribution in [0.1, 0.15) is 15.9 Å². The van der Waals surface area contributed by atoms with Gasteiger partial charge in [0.25, 0.3) is 5.91 Å². The van der Waals surface area contributed by atoms with Crippen molar-refractivity contribution >= 4 is 23.5 Å². The average molecular weight is 536 g/mol. The van der Waals surface area contributed by atoms with Crippen molar-refractivity contribution in [2.24, 2.45) is 11.8 Å². The molecule has 3 saturated heterocycles. The van der Waals surface area contributed by atoms with Crippen LogP contribution in [0.25, 0.3) is 0 Å². The fourth-order valence-corrected chi connectivity index (χ4v) is 5.69. The molecule has 0 N–H and O–H groups in total. The number of ether oxygens (including phenoxy) is 2. The molecule has 2 unspecified atom stereocenters. The lowest BCUT2D eigenvalue weighted by Crippen LogP contribution is -2.40. The summed E-state index contributed by atoms with van der Waals surface area (Å²) in [7, 11) is 0. The first-order valence-corrected chi connectivity index (χ1v) is 13.4. The third-order valence-corrected chi connectivity index (χ3v) is 7.79. The van der Waals surface area contributed by atoms with Gasteiger partial charge in [0.1, 0.15) is 11.5 Å². The Hall–Kier alpha value is -3.40. The third-order valence-electron chi connectivity index (χ3n) is 7.54. The van der Waals surface area contributed by atoms with Crippen LogP contribution in [-0.4, -0.2) is 88.9 Å². The molecule has 6 rings (SSSR count). The predicted octanol–water partition coefficient (Wildman–Crippen LogP) is 3.83. The number of morpholine rings is 1. The molecule has 4 heterocycles. The van der Waals surface area contributed by atoms with Gasteiger partial charge in [0.15, 0.2) is 0 Å². The van der Waals surface area contributed by atoms with Gasteiger partial charge in [-0.3, -0.25) is 9.69 Å². The van der Waals surface area contributed by atoms with Gasteiger partial charge in [-0.25, -0.2) is 4.79 Å². The number of carbonyl (C=O) groups is 2. The number of likely N-dealkylation sites (tertiary alicyclic amines) is 2. The zero-order valence-electron chi connectivity index (χ0n) is 21.0. The van der Waals surface area contributed by atoms with E-state index in [1.807, 2.05) is 41.3 Å². The second-order valence-electron chi connectivity index (χ2n) is 10.2. The highest BCUT2D eigenvalue weighted by Gasteiger charge is 2.42. The normalized spacial score (nSPS) is 21.5. The Labute approximate surface area is 226 Å². The molecule has 10 heteroatoms. The maximum absolute atomic E-state index is 13.1. The fourth-order valence-electron chi connectivity index (χ4n) is 5.57. The highest BCUT2D eigenvalue weighted by molar-refractivity contribution is 6.30. The van der Waals surface area contributed by atoms with Crippen LogP contribution in [0.2, 0.25) is 5.02 Å². The molecule has 198 valence electrons. The topological polar surface area (TPSA) is 80.1 Å². The molecule has 38 heavy (non-hydrogen) atoms. The van der Waals surface area contributed by atoms with Crippen LogP contribution in [0, 0.1) is 11.8 Å². The van der Waals surface area contributed by atoms with Crippen molar-refractivity contribution in [1.82, 2.24) is 24.5 Å². The monoisotopic (exact) mass is 535 g/mol. The van der Waals surface area contributed by atoms with E-state index in [0.717, 1.165) is 31.1 Å². The molecule has 0 bridgehead atoms. The highest BCUT2D eigenvalue weighted by Crippen LogP contribution is 2.32. The van der Waals surface area contributed by atoms with Crippen LogP contribution in [0.3, 0.4) is 0 Å². The molecule has 0 radical (unpaired) electrons. The molecule has 1 aromatic heterocycles. The van der Waals surface area contributed by atoms with E-state index in [-0.39, 0.29) is 11.9 Å². The molecular weight excluding hydrogens is 506 g/mol. The van der Waals surface area contributed by atoms with Crippen molar-refractivity contribution in [3.05, 3.63) is 77.1 Å². The minimum absolute atomic E-state index is 0.106. The van der Waals surface area contributed by atoms with E-state index in [2.05, 4.69) is 22.1 Å². The average Bonchev–Trinajstić information content (AvgIpc) is 3.67. The lowest BCUT2D eigenvalue weighted by molar-refractivity contribution is 0.0303. The first-order valence-electron chi connectivity index (χ1n) is 13.0. The first kappa shape index (κ1) is 24.9. The Balaban J connectivity index is 0.994. The highest BCUT2D eigenvalue weighted by atomic mass is 35.5. The van der Waals surface area contributed by atoms with Gasteiger partial charge in [-0.2, -0.15) is 9.78 Å². The van der Waals surface area contributed by atoms with Gasteiger partial charge >= 0.3 is 6.03 Å². The lowest BCUT2D eigenvalue weighted by Gasteiger charge is -2.26. The second kappa shape index (κ2) is 10.8. The third kappa shape index (κ3) is 5.41. The summed E-state index contributed by atoms with van der Waals surface area (Å²) in [6.45, 7) is 6.40. The quantitative estimate of drug-likeness (QED) is 0.494. The molecule has 2 amide bonds. The van der Waals surface area contributed by atoms with Crippen LogP contribution in [-0.2, 0) is 11.3 Å². The summed E-state index contributed by atoms with van der Waals surface area (Å²) >= 11 is 5.94. The van der Waals surface area contributed by atoms with Crippen molar-refractivity contribution in [3.8, 4) is 11.5 Å². The minimum atomic E-state index is -0.164. The number of benzene rings is 2. The maximum atomic E-state index is 13.1. The Kier molecular flexibility index (Phi) is 7.06. The number of hydrogen-bond acceptors (Lipinski definition) is 6. The van der Waals surface area contributed by atoms with E-state index in [9.17, 15) is 9.59 Å². The number of amides is 2. The molecule has 0 aliphatic carbocycles. The second-order valence-corrected chi connectivity index (χ2v) is 10.6. The van der Waals surface area contributed by atoms with Crippen LogP contribution in [0.4, 0.5) is 4.79 Å². The predicted molar refractivity (Wildman–Crippen MR) is 142 cm³/mol. The number of rotatable bonds is 5. The summed E-state index contributed by atoms with van der Waals surface area (Å²) in [4.78, 5) is 31.8. The SMILES string of the molecule is O=C(c1cnn(C(=O)N2CC3CN(Cc4ccc(Oc5ccc(Cl)cc5)cc4)CC3C2)c1)N1CCOCC1. The molecule has 0 spiro atoms. The van der Waals surface area contributed by atoms with Gasteiger partial charge < -0.3 is 19.3 Å². The van der Waals surface area contributed by atoms with E-state index < -0.39 is 0 Å². The molecule has 2 atom stereocenters. The van der Waals surface area contributed by atoms with Crippen LogP contribution in [0.15, 0.2) is 60.9 Å². The summed E-state index contributed by atoms with van der Waals surface area (Å²) in [5.41, 5.74) is 1.67. The summed E-state index contributed by atoms with van der Waals surface area (Å²) in [6.07, 6.45) is 3.04. The summed E-state index contributed by atoms with van der Waals surface area (Å²) in [5, 5.41) is 4.88. The van der Waals surface area contributed by atoms with Gasteiger partial charge in [-0.15, -0.1) is 0 Å². The molecule has 3 aliphatic heterocycles. The molecule has 3 aliphatic rings. The van der Waals surface area contributed by atoms with E-state index in [4.69, 9.17) is 21.1 Å². The Bertz CT molecular complexity index is 1280. The van der Waals surface area contributed by atoms with Crippen molar-refractivity contribution in [3.63, 3.8) is 0 Å². The van der Waals surface area contributed by atoms with Gasteiger partial charge in [0.05, 0.1) is 25.0 Å². The van der Waals surface area contributed by atoms with Gasteiger partial charge in [-0.05, 0) is 53.8 Å². The molecular formula is C28H30ClN5O4. The van der Waals surface area contributed by atoms with Crippen molar-refractivity contribution in [1.29, 1.82) is 0 Å². The van der Waals surface area contributed by atoms with E-state index in [1.54, 1.807) is 11.1 Å². The molecule has 9 nitrogen and oxygen atoms in total. The molecule has 0 saturated carbocycles. The van der Waals surface area contributed by atoms with Crippen LogP contribution in [0.5, 0.6) is 11.5 Å². The van der Waals surface area contributed by atoms with E-state index in [0.29, 0.717) is 61.8 Å². The van der Waals surface area contributed by atoms with Crippen LogP contribution >= 0.6 is 11.6 Å². The molecule has 2 aromatic carbocycles. The number of hydrogen-bond donors (Lipinski definition) is 0. The minimum Gasteiger partial charge on any atom is -0.457 e. The van der Waals surface area contributed by atoms with Gasteiger partial charge in [0.2, 0.25) is 0 Å². The molecule has 3 fully saturated rings. The number of carbonyl (C=O) groups excluding carboxylic acids is 2. The summed E-state index contributed by atoms with van der Waals surface area (Å²) in [6, 6.07) is 15.3. The first-order chi connectivity index (χ1) is 18.5. The van der Waals surface area contributed by atoms with Crippen molar-refractivity contribution < 1.29 is 19.1 Å². The van der Waals surface area contributed by atoms with Crippen molar-refractivity contribution in [2.45, 2.75) is 6.54 Å². The van der Waals surface area contributed by atoms with E-state index >= 15 is 0 Å². The smallest absolute Gasteiger partial charge is 0.344 e. The summed E-state index contributed by atoms with van der Waals surface area (Å²) < 4.78 is 12.5. The number of nitrogens with zero attached hydrogens (tertiary/aromatic N) is 5. The Morgan fingerprint density at radius 3 is 2.18 bits per heavy atom. The number of halogens is 1. The number of aromatic nitrogens is 2.